The Kier molecular flexibility index (Phi) is 3.69. The molecule has 4 heteroatoms. The second-order valence-corrected chi connectivity index (χ2v) is 3.62. The van der Waals surface area contributed by atoms with Gasteiger partial charge in [-0.15, -0.1) is 0 Å². The molecule has 1 aliphatic heterocycles. The third-order valence-electron chi connectivity index (χ3n) is 2.32. The van der Waals surface area contributed by atoms with Gasteiger partial charge in [-0.2, -0.15) is 0 Å². The van der Waals surface area contributed by atoms with Gasteiger partial charge in [0, 0.05) is 6.04 Å². The molecule has 0 radical (unpaired) electrons. The van der Waals surface area contributed by atoms with Crippen LogP contribution in [0.25, 0.3) is 0 Å². The third kappa shape index (κ3) is 3.32. The highest BCUT2D eigenvalue weighted by molar-refractivity contribution is 5.71. The van der Waals surface area contributed by atoms with Gasteiger partial charge in [0.25, 0.3) is 0 Å². The molecule has 76 valence electrons. The summed E-state index contributed by atoms with van der Waals surface area (Å²) in [6, 6.07) is 0.430. The van der Waals surface area contributed by atoms with Gasteiger partial charge in [0.1, 0.15) is 0 Å². The molecule has 4 nitrogen and oxygen atoms in total. The van der Waals surface area contributed by atoms with Crippen molar-refractivity contribution in [3.63, 3.8) is 0 Å². The quantitative estimate of drug-likeness (QED) is 0.680. The molecule has 1 fully saturated rings. The molecule has 1 aliphatic rings. The Morgan fingerprint density at radius 2 is 2.38 bits per heavy atom. The van der Waals surface area contributed by atoms with Gasteiger partial charge in [-0.3, -0.25) is 0 Å². The molecule has 13 heavy (non-hydrogen) atoms. The number of carboxylic acid groups (broad SMARTS) is 1. The zero-order valence-electron chi connectivity index (χ0n) is 8.12. The van der Waals surface area contributed by atoms with Gasteiger partial charge in [0.05, 0.1) is 6.10 Å². The lowest BCUT2D eigenvalue weighted by molar-refractivity contribution is -0.154. The van der Waals surface area contributed by atoms with Crippen molar-refractivity contribution in [3.05, 3.63) is 0 Å². The van der Waals surface area contributed by atoms with Crippen LogP contribution in [0, 0.1) is 0 Å². The van der Waals surface area contributed by atoms with E-state index in [1.807, 2.05) is 0 Å². The Bertz CT molecular complexity index is 184. The fourth-order valence-corrected chi connectivity index (χ4v) is 1.56. The molecule has 0 aromatic rings. The lowest BCUT2D eigenvalue weighted by Gasteiger charge is -2.29. The first kappa shape index (κ1) is 10.5. The third-order valence-corrected chi connectivity index (χ3v) is 2.32. The van der Waals surface area contributed by atoms with Gasteiger partial charge < -0.3 is 15.2 Å². The van der Waals surface area contributed by atoms with E-state index in [9.17, 15) is 4.79 Å². The van der Waals surface area contributed by atoms with Crippen LogP contribution in [0.4, 0.5) is 0 Å². The van der Waals surface area contributed by atoms with Crippen molar-refractivity contribution >= 4 is 5.97 Å². The summed E-state index contributed by atoms with van der Waals surface area (Å²) < 4.78 is 5.38. The summed E-state index contributed by atoms with van der Waals surface area (Å²) in [7, 11) is 0. The summed E-state index contributed by atoms with van der Waals surface area (Å²) in [5, 5.41) is 11.9. The highest BCUT2D eigenvalue weighted by Crippen LogP contribution is 2.13. The van der Waals surface area contributed by atoms with E-state index in [1.165, 1.54) is 0 Å². The monoisotopic (exact) mass is 187 g/mol. The predicted molar refractivity (Wildman–Crippen MR) is 48.7 cm³/mol. The summed E-state index contributed by atoms with van der Waals surface area (Å²) in [6.45, 7) is 4.58. The predicted octanol–water partition coefficient (Wildman–Crippen LogP) is 0.617. The molecule has 1 rings (SSSR count). The molecular formula is C9H17NO3. The minimum absolute atomic E-state index is 0.0994. The average Bonchev–Trinajstić information content (AvgIpc) is 2.04. The summed E-state index contributed by atoms with van der Waals surface area (Å²) in [4.78, 5) is 10.5. The van der Waals surface area contributed by atoms with Crippen LogP contribution in [0.2, 0.25) is 0 Å². The Morgan fingerprint density at radius 1 is 1.69 bits per heavy atom. The molecule has 1 saturated heterocycles. The number of nitrogens with one attached hydrogen (secondary N) is 1. The largest absolute Gasteiger partial charge is 0.479 e. The van der Waals surface area contributed by atoms with Crippen molar-refractivity contribution in [2.45, 2.75) is 44.9 Å². The molecule has 0 aliphatic carbocycles. The Hall–Kier alpha value is -0.610. The Morgan fingerprint density at radius 3 is 2.92 bits per heavy atom. The maximum Gasteiger partial charge on any atom is 0.332 e. The molecule has 0 saturated carbocycles. The minimum Gasteiger partial charge on any atom is -0.479 e. The van der Waals surface area contributed by atoms with Crippen LogP contribution in [0.3, 0.4) is 0 Å². The zero-order chi connectivity index (χ0) is 9.84. The summed E-state index contributed by atoms with van der Waals surface area (Å²) >= 11 is 0. The van der Waals surface area contributed by atoms with Gasteiger partial charge >= 0.3 is 5.97 Å². The molecule has 1 heterocycles. The van der Waals surface area contributed by atoms with Gasteiger partial charge in [0.2, 0.25) is 0 Å². The molecular weight excluding hydrogens is 170 g/mol. The molecule has 2 N–H and O–H groups in total. The maximum atomic E-state index is 10.5. The van der Waals surface area contributed by atoms with E-state index in [4.69, 9.17) is 9.84 Å². The van der Waals surface area contributed by atoms with Crippen LogP contribution in [0.5, 0.6) is 0 Å². The van der Waals surface area contributed by atoms with Crippen molar-refractivity contribution in [3.8, 4) is 0 Å². The standard InChI is InChI=1S/C9H17NO3/c1-6-5-8(3-4-10-6)13-7(2)9(11)12/h6-8,10H,3-5H2,1-2H3,(H,11,12). The first-order chi connectivity index (χ1) is 6.09. The highest BCUT2D eigenvalue weighted by Gasteiger charge is 2.23. The number of ether oxygens (including phenoxy) is 1. The average molecular weight is 187 g/mol. The van der Waals surface area contributed by atoms with Crippen molar-refractivity contribution in [1.82, 2.24) is 5.32 Å². The topological polar surface area (TPSA) is 58.6 Å². The fourth-order valence-electron chi connectivity index (χ4n) is 1.56. The van der Waals surface area contributed by atoms with E-state index in [-0.39, 0.29) is 6.10 Å². The van der Waals surface area contributed by atoms with Crippen LogP contribution in [0.1, 0.15) is 26.7 Å². The molecule has 0 aromatic heterocycles. The highest BCUT2D eigenvalue weighted by atomic mass is 16.5. The van der Waals surface area contributed by atoms with Crippen molar-refractivity contribution < 1.29 is 14.6 Å². The Balaban J connectivity index is 2.31. The van der Waals surface area contributed by atoms with E-state index in [0.717, 1.165) is 19.4 Å². The normalized spacial score (nSPS) is 31.2. The molecule has 3 unspecified atom stereocenters. The molecule has 0 aromatic carbocycles. The van der Waals surface area contributed by atoms with Crippen molar-refractivity contribution in [2.24, 2.45) is 0 Å². The van der Waals surface area contributed by atoms with E-state index in [1.54, 1.807) is 6.92 Å². The second kappa shape index (κ2) is 4.58. The van der Waals surface area contributed by atoms with Crippen molar-refractivity contribution in [1.29, 1.82) is 0 Å². The van der Waals surface area contributed by atoms with Crippen LogP contribution < -0.4 is 5.32 Å². The van der Waals surface area contributed by atoms with E-state index in [0.29, 0.717) is 6.04 Å². The van der Waals surface area contributed by atoms with Gasteiger partial charge in [-0.05, 0) is 33.2 Å². The molecule has 3 atom stereocenters. The van der Waals surface area contributed by atoms with Crippen LogP contribution >= 0.6 is 0 Å². The fraction of sp³-hybridized carbons (Fsp3) is 0.889. The van der Waals surface area contributed by atoms with Crippen LogP contribution in [-0.2, 0) is 9.53 Å². The SMILES string of the molecule is CC1CC(OC(C)C(=O)O)CCN1. The number of aliphatic carboxylic acids is 1. The van der Waals surface area contributed by atoms with Crippen LogP contribution in [-0.4, -0.2) is 35.9 Å². The van der Waals surface area contributed by atoms with Crippen molar-refractivity contribution in [2.75, 3.05) is 6.54 Å². The number of rotatable bonds is 3. The van der Waals surface area contributed by atoms with Gasteiger partial charge in [0.15, 0.2) is 6.10 Å². The summed E-state index contributed by atoms with van der Waals surface area (Å²) in [5.41, 5.74) is 0. The number of carboxylic acids is 1. The molecule has 0 spiro atoms. The maximum absolute atomic E-state index is 10.5. The second-order valence-electron chi connectivity index (χ2n) is 3.62. The number of hydrogen-bond donors (Lipinski definition) is 2. The smallest absolute Gasteiger partial charge is 0.332 e. The lowest BCUT2D eigenvalue weighted by atomic mass is 10.0. The number of piperidine rings is 1. The van der Waals surface area contributed by atoms with Crippen LogP contribution in [0.15, 0.2) is 0 Å². The summed E-state index contributed by atoms with van der Waals surface area (Å²) in [6.07, 6.45) is 1.22. The lowest BCUT2D eigenvalue weighted by Crippen LogP contribution is -2.41. The number of hydrogen-bond acceptors (Lipinski definition) is 3. The van der Waals surface area contributed by atoms with E-state index < -0.39 is 12.1 Å². The first-order valence-electron chi connectivity index (χ1n) is 4.71. The summed E-state index contributed by atoms with van der Waals surface area (Å²) in [5.74, 6) is -0.883. The Labute approximate surface area is 78.3 Å². The van der Waals surface area contributed by atoms with Gasteiger partial charge in [-0.25, -0.2) is 4.79 Å². The first-order valence-corrected chi connectivity index (χ1v) is 4.71. The number of carbonyl (C=O) groups is 1. The minimum atomic E-state index is -0.883. The zero-order valence-corrected chi connectivity index (χ0v) is 8.12. The van der Waals surface area contributed by atoms with E-state index >= 15 is 0 Å². The molecule has 0 bridgehead atoms. The molecule has 0 amide bonds. The van der Waals surface area contributed by atoms with Gasteiger partial charge in [-0.1, -0.05) is 0 Å². The van der Waals surface area contributed by atoms with E-state index in [2.05, 4.69) is 12.2 Å².